The maximum atomic E-state index is 13.5. The van der Waals surface area contributed by atoms with Gasteiger partial charge in [-0.1, -0.05) is 18.2 Å². The highest BCUT2D eigenvalue weighted by Gasteiger charge is 2.11. The topological polar surface area (TPSA) is 54.2 Å². The fourth-order valence-corrected chi connectivity index (χ4v) is 2.06. The van der Waals surface area contributed by atoms with Crippen molar-refractivity contribution in [3.63, 3.8) is 0 Å². The molecule has 2 N–H and O–H groups in total. The third-order valence-corrected chi connectivity index (χ3v) is 3.24. The van der Waals surface area contributed by atoms with Crippen molar-refractivity contribution in [1.29, 1.82) is 0 Å². The van der Waals surface area contributed by atoms with Crippen LogP contribution in [0.15, 0.2) is 41.7 Å². The Hall–Kier alpha value is -1.78. The van der Waals surface area contributed by atoms with E-state index in [1.165, 1.54) is 18.5 Å². The average molecular weight is 453 g/mol. The summed E-state index contributed by atoms with van der Waals surface area (Å²) < 4.78 is 39.7. The maximum Gasteiger partial charge on any atom is 0.319 e. The summed E-state index contributed by atoms with van der Waals surface area (Å²) in [4.78, 5) is 7.86. The van der Waals surface area contributed by atoms with Crippen molar-refractivity contribution in [3.05, 3.63) is 53.9 Å². The Morgan fingerprint density at radius 3 is 2.71 bits per heavy atom. The van der Waals surface area contributed by atoms with Gasteiger partial charge >= 0.3 is 6.55 Å². The van der Waals surface area contributed by atoms with Crippen LogP contribution in [0.5, 0.6) is 0 Å². The van der Waals surface area contributed by atoms with Crippen LogP contribution in [-0.4, -0.2) is 29.1 Å². The van der Waals surface area contributed by atoms with Gasteiger partial charge in [-0.25, -0.2) is 9.37 Å². The lowest BCUT2D eigenvalue weighted by molar-refractivity contribution is 0.0668. The average Bonchev–Trinajstić information content (AvgIpc) is 3.01. The molecular formula is C15H19F3IN5. The molecule has 9 heteroatoms. The van der Waals surface area contributed by atoms with Crippen molar-refractivity contribution in [2.45, 2.75) is 19.5 Å². The van der Waals surface area contributed by atoms with Crippen LogP contribution in [0.4, 0.5) is 13.2 Å². The van der Waals surface area contributed by atoms with E-state index in [0.29, 0.717) is 24.5 Å². The molecule has 0 saturated carbocycles. The predicted molar refractivity (Wildman–Crippen MR) is 97.2 cm³/mol. The highest BCUT2D eigenvalue weighted by molar-refractivity contribution is 14.0. The van der Waals surface area contributed by atoms with Crippen molar-refractivity contribution >= 4 is 29.9 Å². The minimum Gasteiger partial charge on any atom is -0.356 e. The molecule has 0 aliphatic heterocycles. The van der Waals surface area contributed by atoms with Gasteiger partial charge in [0.1, 0.15) is 11.6 Å². The van der Waals surface area contributed by atoms with E-state index in [4.69, 9.17) is 0 Å². The van der Waals surface area contributed by atoms with E-state index in [9.17, 15) is 13.2 Å². The number of hydrogen-bond acceptors (Lipinski definition) is 2. The number of benzene rings is 1. The molecule has 0 saturated heterocycles. The van der Waals surface area contributed by atoms with Gasteiger partial charge in [-0.2, -0.15) is 8.78 Å². The first kappa shape index (κ1) is 20.3. The van der Waals surface area contributed by atoms with Crippen molar-refractivity contribution < 1.29 is 13.2 Å². The molecule has 1 heterocycles. The van der Waals surface area contributed by atoms with Crippen LogP contribution in [0.2, 0.25) is 0 Å². The summed E-state index contributed by atoms with van der Waals surface area (Å²) in [6.07, 6.45) is 3.02. The molecule has 0 amide bonds. The lowest BCUT2D eigenvalue weighted by Gasteiger charge is -2.12. The molecular weight excluding hydrogens is 434 g/mol. The zero-order chi connectivity index (χ0) is 16.7. The summed E-state index contributed by atoms with van der Waals surface area (Å²) in [6.45, 7) is -2.06. The first-order valence-corrected chi connectivity index (χ1v) is 7.09. The highest BCUT2D eigenvalue weighted by Crippen LogP contribution is 2.11. The van der Waals surface area contributed by atoms with Crippen molar-refractivity contribution in [2.24, 2.45) is 4.99 Å². The molecule has 0 fully saturated rings. The molecule has 0 aliphatic carbocycles. The Balaban J connectivity index is 0.00000288. The standard InChI is InChI=1S/C15H18F3N5.HI/c1-19-15(21-7-6-11-4-2-3-5-12(11)16)22-10-13-20-8-9-23(13)14(17)18;/h2-5,8-9,14H,6-7,10H2,1H3,(H2,19,21,22);1H. The van der Waals surface area contributed by atoms with E-state index in [1.54, 1.807) is 25.2 Å². The summed E-state index contributed by atoms with van der Waals surface area (Å²) in [5.41, 5.74) is 0.601. The molecule has 0 aliphatic rings. The first-order chi connectivity index (χ1) is 11.1. The summed E-state index contributed by atoms with van der Waals surface area (Å²) in [7, 11) is 1.57. The molecule has 132 valence electrons. The molecule has 0 spiro atoms. The largest absolute Gasteiger partial charge is 0.356 e. The molecule has 24 heavy (non-hydrogen) atoms. The van der Waals surface area contributed by atoms with Crippen molar-refractivity contribution in [2.75, 3.05) is 13.6 Å². The Bertz CT molecular complexity index is 660. The van der Waals surface area contributed by atoms with Gasteiger partial charge in [0.15, 0.2) is 5.96 Å². The number of rotatable bonds is 6. The van der Waals surface area contributed by atoms with Crippen molar-refractivity contribution in [1.82, 2.24) is 20.2 Å². The Morgan fingerprint density at radius 1 is 1.29 bits per heavy atom. The minimum absolute atomic E-state index is 0. The third kappa shape index (κ3) is 5.69. The zero-order valence-electron chi connectivity index (χ0n) is 13.0. The second-order valence-corrected chi connectivity index (χ2v) is 4.72. The fourth-order valence-electron chi connectivity index (χ4n) is 2.06. The van der Waals surface area contributed by atoms with Crippen LogP contribution in [0.1, 0.15) is 17.9 Å². The number of hydrogen-bond donors (Lipinski definition) is 2. The normalized spacial score (nSPS) is 11.3. The number of alkyl halides is 2. The van der Waals surface area contributed by atoms with Gasteiger partial charge in [-0.05, 0) is 18.1 Å². The quantitative estimate of drug-likeness (QED) is 0.402. The number of aliphatic imine (C=N–C) groups is 1. The number of halogens is 4. The van der Waals surface area contributed by atoms with Crippen molar-refractivity contribution in [3.8, 4) is 0 Å². The number of nitrogens with zero attached hydrogens (tertiary/aromatic N) is 3. The summed E-state index contributed by atoms with van der Waals surface area (Å²) in [5.74, 6) is 0.387. The number of imidazole rings is 1. The number of guanidine groups is 1. The van der Waals surface area contributed by atoms with E-state index in [0.717, 1.165) is 4.57 Å². The zero-order valence-corrected chi connectivity index (χ0v) is 15.4. The Kier molecular flexibility index (Phi) is 8.58. The highest BCUT2D eigenvalue weighted by atomic mass is 127. The van der Waals surface area contributed by atoms with Gasteiger partial charge in [-0.3, -0.25) is 9.56 Å². The summed E-state index contributed by atoms with van der Waals surface area (Å²) in [6, 6.07) is 6.53. The van der Waals surface area contributed by atoms with Gasteiger partial charge in [0, 0.05) is 26.0 Å². The van der Waals surface area contributed by atoms with Gasteiger partial charge in [-0.15, -0.1) is 24.0 Å². The third-order valence-electron chi connectivity index (χ3n) is 3.24. The van der Waals surface area contributed by atoms with Crippen LogP contribution in [0.3, 0.4) is 0 Å². The monoisotopic (exact) mass is 453 g/mol. The van der Waals surface area contributed by atoms with E-state index >= 15 is 0 Å². The van der Waals surface area contributed by atoms with E-state index in [1.807, 2.05) is 0 Å². The lowest BCUT2D eigenvalue weighted by Crippen LogP contribution is -2.38. The second kappa shape index (κ2) is 10.2. The van der Waals surface area contributed by atoms with Gasteiger partial charge in [0.25, 0.3) is 0 Å². The molecule has 0 atom stereocenters. The van der Waals surface area contributed by atoms with Crippen LogP contribution < -0.4 is 10.6 Å². The van der Waals surface area contributed by atoms with Crippen LogP contribution in [0.25, 0.3) is 0 Å². The second-order valence-electron chi connectivity index (χ2n) is 4.72. The molecule has 5 nitrogen and oxygen atoms in total. The Labute approximate surface area is 155 Å². The molecule has 0 bridgehead atoms. The molecule has 1 aromatic heterocycles. The van der Waals surface area contributed by atoms with Gasteiger partial charge in [0.05, 0.1) is 6.54 Å². The molecule has 1 aromatic carbocycles. The molecule has 2 aromatic rings. The SMILES string of the molecule is CN=C(NCCc1ccccc1F)NCc1nccn1C(F)F.I. The predicted octanol–water partition coefficient (Wildman–Crippen LogP) is 2.94. The van der Waals surface area contributed by atoms with Gasteiger partial charge < -0.3 is 10.6 Å². The van der Waals surface area contributed by atoms with E-state index in [2.05, 4.69) is 20.6 Å². The van der Waals surface area contributed by atoms with Crippen LogP contribution >= 0.6 is 24.0 Å². The first-order valence-electron chi connectivity index (χ1n) is 7.09. The lowest BCUT2D eigenvalue weighted by atomic mass is 10.1. The fraction of sp³-hybridized carbons (Fsp3) is 0.333. The molecule has 0 unspecified atom stereocenters. The summed E-state index contributed by atoms with van der Waals surface area (Å²) in [5, 5.41) is 5.90. The van der Waals surface area contributed by atoms with Crippen LogP contribution in [-0.2, 0) is 13.0 Å². The number of aromatic nitrogens is 2. The minimum atomic E-state index is -2.63. The van der Waals surface area contributed by atoms with E-state index in [-0.39, 0.29) is 42.2 Å². The smallest absolute Gasteiger partial charge is 0.319 e. The molecule has 0 radical (unpaired) electrons. The summed E-state index contributed by atoms with van der Waals surface area (Å²) >= 11 is 0. The van der Waals surface area contributed by atoms with Crippen LogP contribution in [0, 0.1) is 5.82 Å². The van der Waals surface area contributed by atoms with E-state index < -0.39 is 6.55 Å². The van der Waals surface area contributed by atoms with Gasteiger partial charge in [0.2, 0.25) is 0 Å². The number of nitrogens with one attached hydrogen (secondary N) is 2. The maximum absolute atomic E-state index is 13.5. The molecule has 2 rings (SSSR count). The Morgan fingerprint density at radius 2 is 2.04 bits per heavy atom.